The zero-order valence-electron chi connectivity index (χ0n) is 11.8. The van der Waals surface area contributed by atoms with E-state index < -0.39 is 5.97 Å². The van der Waals surface area contributed by atoms with Crippen LogP contribution in [-0.4, -0.2) is 18.4 Å². The minimum absolute atomic E-state index is 0.139. The molecule has 4 heteroatoms. The standard InChI is InChI=1S/C17H17NO3/c1-13-7-9-15(10-8-13)21-17(20)12-18-16(19)11-14-5-3-2-4-6-14/h2-10H,11-12H2,1H3,(H,18,19). The smallest absolute Gasteiger partial charge is 0.330 e. The number of hydrogen-bond acceptors (Lipinski definition) is 3. The van der Waals surface area contributed by atoms with Crippen LogP contribution < -0.4 is 10.1 Å². The number of esters is 1. The van der Waals surface area contributed by atoms with Crippen molar-refractivity contribution in [2.24, 2.45) is 0 Å². The molecule has 0 aliphatic heterocycles. The van der Waals surface area contributed by atoms with E-state index in [1.54, 1.807) is 12.1 Å². The molecule has 108 valence electrons. The summed E-state index contributed by atoms with van der Waals surface area (Å²) in [6.07, 6.45) is 0.249. The van der Waals surface area contributed by atoms with Gasteiger partial charge in [-0.2, -0.15) is 0 Å². The predicted octanol–water partition coefficient (Wildman–Crippen LogP) is 2.26. The largest absolute Gasteiger partial charge is 0.425 e. The highest BCUT2D eigenvalue weighted by molar-refractivity contribution is 5.84. The van der Waals surface area contributed by atoms with Gasteiger partial charge in [0.1, 0.15) is 12.3 Å². The van der Waals surface area contributed by atoms with Crippen molar-refractivity contribution >= 4 is 11.9 Å². The summed E-state index contributed by atoms with van der Waals surface area (Å²) < 4.78 is 5.12. The third-order valence-electron chi connectivity index (χ3n) is 2.89. The lowest BCUT2D eigenvalue weighted by atomic mass is 10.1. The Kier molecular flexibility index (Phi) is 5.10. The average molecular weight is 283 g/mol. The fourth-order valence-corrected chi connectivity index (χ4v) is 1.79. The summed E-state index contributed by atoms with van der Waals surface area (Å²) in [5.41, 5.74) is 1.99. The Bertz CT molecular complexity index is 606. The average Bonchev–Trinajstić information content (AvgIpc) is 2.49. The van der Waals surface area contributed by atoms with Crippen molar-refractivity contribution in [3.8, 4) is 5.75 Å². The van der Waals surface area contributed by atoms with E-state index in [4.69, 9.17) is 4.74 Å². The molecule has 0 unspecified atom stereocenters. The van der Waals surface area contributed by atoms with Crippen LogP contribution in [0.1, 0.15) is 11.1 Å². The Hall–Kier alpha value is -2.62. The molecule has 0 saturated heterocycles. The van der Waals surface area contributed by atoms with Crippen LogP contribution in [-0.2, 0) is 16.0 Å². The fourth-order valence-electron chi connectivity index (χ4n) is 1.79. The maximum Gasteiger partial charge on any atom is 0.330 e. The second-order valence-electron chi connectivity index (χ2n) is 4.73. The molecule has 0 fully saturated rings. The Labute approximate surface area is 123 Å². The van der Waals surface area contributed by atoms with Gasteiger partial charge in [-0.15, -0.1) is 0 Å². The van der Waals surface area contributed by atoms with Gasteiger partial charge in [-0.1, -0.05) is 48.0 Å². The van der Waals surface area contributed by atoms with E-state index in [2.05, 4.69) is 5.32 Å². The molecule has 0 radical (unpaired) electrons. The molecule has 0 aliphatic rings. The predicted molar refractivity (Wildman–Crippen MR) is 80.0 cm³/mol. The summed E-state index contributed by atoms with van der Waals surface area (Å²) in [7, 11) is 0. The first-order chi connectivity index (χ1) is 10.1. The minimum Gasteiger partial charge on any atom is -0.425 e. The first-order valence-corrected chi connectivity index (χ1v) is 6.71. The number of amides is 1. The molecule has 0 saturated carbocycles. The van der Waals surface area contributed by atoms with Crippen molar-refractivity contribution < 1.29 is 14.3 Å². The molecule has 0 atom stereocenters. The van der Waals surface area contributed by atoms with E-state index in [0.29, 0.717) is 5.75 Å². The minimum atomic E-state index is -0.486. The normalized spacial score (nSPS) is 9.95. The van der Waals surface area contributed by atoms with Crippen LogP contribution in [0.15, 0.2) is 54.6 Å². The van der Waals surface area contributed by atoms with E-state index in [0.717, 1.165) is 11.1 Å². The molecule has 1 amide bonds. The van der Waals surface area contributed by atoms with Crippen LogP contribution >= 0.6 is 0 Å². The molecular formula is C17H17NO3. The van der Waals surface area contributed by atoms with Crippen LogP contribution in [0.3, 0.4) is 0 Å². The fraction of sp³-hybridized carbons (Fsp3) is 0.176. The molecule has 0 bridgehead atoms. The van der Waals surface area contributed by atoms with Gasteiger partial charge in [0.25, 0.3) is 0 Å². The molecule has 0 aromatic heterocycles. The monoisotopic (exact) mass is 283 g/mol. The zero-order valence-corrected chi connectivity index (χ0v) is 11.8. The summed E-state index contributed by atoms with van der Waals surface area (Å²) in [6.45, 7) is 1.81. The van der Waals surface area contributed by atoms with Crippen LogP contribution in [0, 0.1) is 6.92 Å². The van der Waals surface area contributed by atoms with E-state index in [1.165, 1.54) is 0 Å². The SMILES string of the molecule is Cc1ccc(OC(=O)CNC(=O)Cc2ccccc2)cc1. The van der Waals surface area contributed by atoms with Crippen molar-refractivity contribution in [3.05, 3.63) is 65.7 Å². The number of ether oxygens (including phenoxy) is 1. The van der Waals surface area contributed by atoms with Gasteiger partial charge in [0, 0.05) is 0 Å². The lowest BCUT2D eigenvalue weighted by molar-refractivity contribution is -0.135. The molecule has 2 aromatic rings. The first-order valence-electron chi connectivity index (χ1n) is 6.71. The molecule has 2 aromatic carbocycles. The van der Waals surface area contributed by atoms with E-state index >= 15 is 0 Å². The number of nitrogens with one attached hydrogen (secondary N) is 1. The number of aryl methyl sites for hydroxylation is 1. The highest BCUT2D eigenvalue weighted by Gasteiger charge is 2.08. The van der Waals surface area contributed by atoms with Gasteiger partial charge in [0.15, 0.2) is 0 Å². The van der Waals surface area contributed by atoms with Crippen molar-refractivity contribution in [1.82, 2.24) is 5.32 Å². The Morgan fingerprint density at radius 2 is 1.67 bits per heavy atom. The second-order valence-corrected chi connectivity index (χ2v) is 4.73. The van der Waals surface area contributed by atoms with Gasteiger partial charge in [0.2, 0.25) is 5.91 Å². The maximum absolute atomic E-state index is 11.7. The Morgan fingerprint density at radius 3 is 2.33 bits per heavy atom. The van der Waals surface area contributed by atoms with E-state index in [9.17, 15) is 9.59 Å². The zero-order chi connectivity index (χ0) is 15.1. The lowest BCUT2D eigenvalue weighted by Gasteiger charge is -2.06. The molecule has 21 heavy (non-hydrogen) atoms. The summed E-state index contributed by atoms with van der Waals surface area (Å²) in [5, 5.41) is 2.55. The molecule has 0 aliphatic carbocycles. The number of benzene rings is 2. The van der Waals surface area contributed by atoms with Gasteiger partial charge in [-0.3, -0.25) is 4.79 Å². The Morgan fingerprint density at radius 1 is 1.00 bits per heavy atom. The van der Waals surface area contributed by atoms with Gasteiger partial charge >= 0.3 is 5.97 Å². The molecule has 0 spiro atoms. The van der Waals surface area contributed by atoms with Gasteiger partial charge in [0.05, 0.1) is 6.42 Å². The quantitative estimate of drug-likeness (QED) is 0.676. The molecule has 4 nitrogen and oxygen atoms in total. The highest BCUT2D eigenvalue weighted by Crippen LogP contribution is 2.11. The lowest BCUT2D eigenvalue weighted by Crippen LogP contribution is -2.32. The number of hydrogen-bond donors (Lipinski definition) is 1. The van der Waals surface area contributed by atoms with Crippen LogP contribution in [0.2, 0.25) is 0 Å². The van der Waals surface area contributed by atoms with Gasteiger partial charge < -0.3 is 10.1 Å². The van der Waals surface area contributed by atoms with Gasteiger partial charge in [-0.05, 0) is 24.6 Å². The molecule has 2 rings (SSSR count). The second kappa shape index (κ2) is 7.24. The highest BCUT2D eigenvalue weighted by atomic mass is 16.5. The summed E-state index contributed by atoms with van der Waals surface area (Å²) >= 11 is 0. The number of carbonyl (C=O) groups excluding carboxylic acids is 2. The number of carbonyl (C=O) groups is 2. The Balaban J connectivity index is 1.76. The number of rotatable bonds is 5. The summed E-state index contributed by atoms with van der Waals surface area (Å²) in [4.78, 5) is 23.3. The molecule has 1 N–H and O–H groups in total. The van der Waals surface area contributed by atoms with Gasteiger partial charge in [-0.25, -0.2) is 4.79 Å². The third-order valence-corrected chi connectivity index (χ3v) is 2.89. The summed E-state index contributed by atoms with van der Waals surface area (Å²) in [5.74, 6) is -0.217. The molecular weight excluding hydrogens is 266 g/mol. The first kappa shape index (κ1) is 14.8. The van der Waals surface area contributed by atoms with Crippen LogP contribution in [0.25, 0.3) is 0 Å². The molecule has 0 heterocycles. The van der Waals surface area contributed by atoms with E-state index in [-0.39, 0.29) is 18.9 Å². The van der Waals surface area contributed by atoms with Crippen LogP contribution in [0.5, 0.6) is 5.75 Å². The third kappa shape index (κ3) is 5.10. The van der Waals surface area contributed by atoms with Crippen molar-refractivity contribution in [1.29, 1.82) is 0 Å². The van der Waals surface area contributed by atoms with Crippen LogP contribution in [0.4, 0.5) is 0 Å². The maximum atomic E-state index is 11.7. The van der Waals surface area contributed by atoms with E-state index in [1.807, 2.05) is 49.4 Å². The topological polar surface area (TPSA) is 55.4 Å². The van der Waals surface area contributed by atoms with Crippen molar-refractivity contribution in [2.45, 2.75) is 13.3 Å². The van der Waals surface area contributed by atoms with Crippen molar-refractivity contribution in [3.63, 3.8) is 0 Å². The van der Waals surface area contributed by atoms with Crippen molar-refractivity contribution in [2.75, 3.05) is 6.54 Å². The summed E-state index contributed by atoms with van der Waals surface area (Å²) in [6, 6.07) is 16.5.